The van der Waals surface area contributed by atoms with E-state index in [-0.39, 0.29) is 5.91 Å². The molecular formula is C21H23NO4. The number of likely N-dealkylation sites (tertiary alicyclic amines) is 1. The van der Waals surface area contributed by atoms with Crippen molar-refractivity contribution in [3.8, 4) is 0 Å². The SMILES string of the molecule is COCc1cccc(C(=O)N2CCC(C(=O)O)(c3ccccc3)CC2)c1. The number of rotatable bonds is 5. The minimum absolute atomic E-state index is 0.0602. The van der Waals surface area contributed by atoms with Gasteiger partial charge in [-0.1, -0.05) is 42.5 Å². The summed E-state index contributed by atoms with van der Waals surface area (Å²) in [5, 5.41) is 9.86. The van der Waals surface area contributed by atoms with Crippen LogP contribution >= 0.6 is 0 Å². The van der Waals surface area contributed by atoms with Crippen LogP contribution in [-0.2, 0) is 21.6 Å². The van der Waals surface area contributed by atoms with Crippen LogP contribution in [0.1, 0.15) is 34.3 Å². The summed E-state index contributed by atoms with van der Waals surface area (Å²) in [4.78, 5) is 26.6. The fourth-order valence-electron chi connectivity index (χ4n) is 3.62. The average Bonchev–Trinajstić information content (AvgIpc) is 2.68. The quantitative estimate of drug-likeness (QED) is 0.897. The summed E-state index contributed by atoms with van der Waals surface area (Å²) in [6.45, 7) is 1.31. The lowest BCUT2D eigenvalue weighted by atomic mass is 9.72. The molecule has 3 rings (SSSR count). The molecule has 0 radical (unpaired) electrons. The second kappa shape index (κ2) is 7.70. The third kappa shape index (κ3) is 3.48. The molecule has 2 aromatic rings. The molecule has 1 heterocycles. The lowest BCUT2D eigenvalue weighted by molar-refractivity contribution is -0.145. The molecule has 1 saturated heterocycles. The van der Waals surface area contributed by atoms with E-state index >= 15 is 0 Å². The van der Waals surface area contributed by atoms with Crippen molar-refractivity contribution in [1.82, 2.24) is 4.90 Å². The van der Waals surface area contributed by atoms with Gasteiger partial charge in [0.1, 0.15) is 0 Å². The minimum Gasteiger partial charge on any atom is -0.481 e. The highest BCUT2D eigenvalue weighted by molar-refractivity contribution is 5.94. The first-order valence-electron chi connectivity index (χ1n) is 8.73. The Morgan fingerprint density at radius 3 is 2.38 bits per heavy atom. The Labute approximate surface area is 153 Å². The molecule has 0 atom stereocenters. The van der Waals surface area contributed by atoms with E-state index < -0.39 is 11.4 Å². The van der Waals surface area contributed by atoms with Gasteiger partial charge in [0.05, 0.1) is 12.0 Å². The van der Waals surface area contributed by atoms with Crippen molar-refractivity contribution in [2.75, 3.05) is 20.2 Å². The number of carbonyl (C=O) groups excluding carboxylic acids is 1. The number of amides is 1. The molecule has 0 unspecified atom stereocenters. The van der Waals surface area contributed by atoms with Crippen molar-refractivity contribution in [2.24, 2.45) is 0 Å². The van der Waals surface area contributed by atoms with Gasteiger partial charge in [0.25, 0.3) is 5.91 Å². The molecule has 5 nitrogen and oxygen atoms in total. The van der Waals surface area contributed by atoms with Crippen molar-refractivity contribution < 1.29 is 19.4 Å². The number of hydrogen-bond donors (Lipinski definition) is 1. The van der Waals surface area contributed by atoms with Crippen LogP contribution < -0.4 is 0 Å². The molecule has 5 heteroatoms. The fraction of sp³-hybridized carbons (Fsp3) is 0.333. The summed E-state index contributed by atoms with van der Waals surface area (Å²) in [6.07, 6.45) is 0.825. The summed E-state index contributed by atoms with van der Waals surface area (Å²) >= 11 is 0. The van der Waals surface area contributed by atoms with E-state index in [4.69, 9.17) is 4.74 Å². The molecule has 1 fully saturated rings. The zero-order valence-corrected chi connectivity index (χ0v) is 14.9. The summed E-state index contributed by atoms with van der Waals surface area (Å²) in [5.74, 6) is -0.882. The van der Waals surface area contributed by atoms with E-state index in [1.165, 1.54) is 0 Å². The van der Waals surface area contributed by atoms with Crippen LogP contribution in [-0.4, -0.2) is 42.1 Å². The first-order valence-corrected chi connectivity index (χ1v) is 8.73. The molecule has 0 aromatic heterocycles. The first kappa shape index (κ1) is 18.1. The lowest BCUT2D eigenvalue weighted by Crippen LogP contribution is -2.49. The number of carboxylic acids is 1. The van der Waals surface area contributed by atoms with Crippen LogP contribution in [0.2, 0.25) is 0 Å². The van der Waals surface area contributed by atoms with Crippen LogP contribution in [0.3, 0.4) is 0 Å². The molecule has 0 bridgehead atoms. The fourth-order valence-corrected chi connectivity index (χ4v) is 3.62. The summed E-state index contributed by atoms with van der Waals surface area (Å²) < 4.78 is 5.12. The highest BCUT2D eigenvalue weighted by Gasteiger charge is 2.43. The number of carboxylic acid groups (broad SMARTS) is 1. The van der Waals surface area contributed by atoms with Crippen LogP contribution in [0.4, 0.5) is 0 Å². The predicted octanol–water partition coefficient (Wildman–Crippen LogP) is 3.09. The maximum Gasteiger partial charge on any atom is 0.314 e. The van der Waals surface area contributed by atoms with E-state index in [0.29, 0.717) is 38.1 Å². The van der Waals surface area contributed by atoms with Gasteiger partial charge < -0.3 is 14.7 Å². The van der Waals surface area contributed by atoms with Gasteiger partial charge in [-0.2, -0.15) is 0 Å². The zero-order chi connectivity index (χ0) is 18.6. The number of hydrogen-bond acceptors (Lipinski definition) is 3. The van der Waals surface area contributed by atoms with Crippen molar-refractivity contribution in [2.45, 2.75) is 24.9 Å². The van der Waals surface area contributed by atoms with Gasteiger partial charge in [-0.25, -0.2) is 0 Å². The van der Waals surface area contributed by atoms with Gasteiger partial charge >= 0.3 is 5.97 Å². The maximum atomic E-state index is 12.8. The lowest BCUT2D eigenvalue weighted by Gasteiger charge is -2.39. The van der Waals surface area contributed by atoms with Crippen molar-refractivity contribution in [3.63, 3.8) is 0 Å². The van der Waals surface area contributed by atoms with Gasteiger partial charge in [-0.3, -0.25) is 9.59 Å². The number of methoxy groups -OCH3 is 1. The molecule has 0 aliphatic carbocycles. The molecule has 1 amide bonds. The summed E-state index contributed by atoms with van der Waals surface area (Å²) in [6, 6.07) is 16.7. The number of piperidine rings is 1. The maximum absolute atomic E-state index is 12.8. The van der Waals surface area contributed by atoms with Crippen LogP contribution in [0.15, 0.2) is 54.6 Å². The van der Waals surface area contributed by atoms with E-state index in [2.05, 4.69) is 0 Å². The monoisotopic (exact) mass is 353 g/mol. The largest absolute Gasteiger partial charge is 0.481 e. The third-order valence-electron chi connectivity index (χ3n) is 5.12. The van der Waals surface area contributed by atoms with Crippen LogP contribution in [0.25, 0.3) is 0 Å². The highest BCUT2D eigenvalue weighted by atomic mass is 16.5. The second-order valence-corrected chi connectivity index (χ2v) is 6.68. The van der Waals surface area contributed by atoms with Crippen LogP contribution in [0, 0.1) is 0 Å². The average molecular weight is 353 g/mol. The molecule has 1 aliphatic heterocycles. The molecule has 136 valence electrons. The normalized spacial score (nSPS) is 16.3. The number of ether oxygens (including phenoxy) is 1. The molecular weight excluding hydrogens is 330 g/mol. The topological polar surface area (TPSA) is 66.8 Å². The Hall–Kier alpha value is -2.66. The van der Waals surface area contributed by atoms with Gasteiger partial charge in [0.2, 0.25) is 0 Å². The van der Waals surface area contributed by atoms with E-state index in [1.54, 1.807) is 18.1 Å². The Morgan fingerprint density at radius 1 is 1.08 bits per heavy atom. The predicted molar refractivity (Wildman–Crippen MR) is 98.0 cm³/mol. The minimum atomic E-state index is -0.921. The van der Waals surface area contributed by atoms with Gasteiger partial charge in [0.15, 0.2) is 0 Å². The number of benzene rings is 2. The smallest absolute Gasteiger partial charge is 0.314 e. The molecule has 26 heavy (non-hydrogen) atoms. The molecule has 1 aliphatic rings. The molecule has 2 aromatic carbocycles. The highest BCUT2D eigenvalue weighted by Crippen LogP contribution is 2.36. The van der Waals surface area contributed by atoms with Crippen molar-refractivity contribution in [3.05, 3.63) is 71.3 Å². The molecule has 1 N–H and O–H groups in total. The molecule has 0 saturated carbocycles. The number of carbonyl (C=O) groups is 2. The Morgan fingerprint density at radius 2 is 1.77 bits per heavy atom. The van der Waals surface area contributed by atoms with Gasteiger partial charge in [0, 0.05) is 25.8 Å². The first-order chi connectivity index (χ1) is 12.6. The second-order valence-electron chi connectivity index (χ2n) is 6.68. The van der Waals surface area contributed by atoms with Crippen molar-refractivity contribution >= 4 is 11.9 Å². The van der Waals surface area contributed by atoms with Crippen LogP contribution in [0.5, 0.6) is 0 Å². The van der Waals surface area contributed by atoms with E-state index in [1.807, 2.05) is 48.5 Å². The Balaban J connectivity index is 1.76. The number of nitrogens with zero attached hydrogens (tertiary/aromatic N) is 1. The van der Waals surface area contributed by atoms with Crippen molar-refractivity contribution in [1.29, 1.82) is 0 Å². The Kier molecular flexibility index (Phi) is 5.38. The standard InChI is InChI=1S/C21H23NO4/c1-26-15-16-6-5-7-17(14-16)19(23)22-12-10-21(11-13-22,20(24)25)18-8-3-2-4-9-18/h2-9,14H,10-13,15H2,1H3,(H,24,25). The molecule has 0 spiro atoms. The van der Waals surface area contributed by atoms with Gasteiger partial charge in [-0.15, -0.1) is 0 Å². The van der Waals surface area contributed by atoms with E-state index in [9.17, 15) is 14.7 Å². The van der Waals surface area contributed by atoms with Gasteiger partial charge in [-0.05, 0) is 36.1 Å². The summed E-state index contributed by atoms with van der Waals surface area (Å²) in [5.41, 5.74) is 1.44. The Bertz CT molecular complexity index is 780. The third-order valence-corrected chi connectivity index (χ3v) is 5.12. The van der Waals surface area contributed by atoms with E-state index in [0.717, 1.165) is 11.1 Å². The number of aliphatic carboxylic acids is 1. The zero-order valence-electron chi connectivity index (χ0n) is 14.9. The summed E-state index contributed by atoms with van der Waals surface area (Å²) in [7, 11) is 1.62.